The van der Waals surface area contributed by atoms with Gasteiger partial charge >= 0.3 is 0 Å². The summed E-state index contributed by atoms with van der Waals surface area (Å²) < 4.78 is 0. The number of piperidine rings is 1. The molecule has 2 heteroatoms. The standard InChI is InChI=1S/C26H27N.ClH/c1-3-9-21(10-4-1)15-17-27-18-16-26(23-12-5-2-6-13-23)20-24(27)19-22-11-7-8-14-25(22)26;/h1-14,24H,15-20H2;1H. The SMILES string of the molecule is Cl.c1ccc(CCN2CCC3(c4ccccc4)CC2Cc2ccccc23)cc1. The Labute approximate surface area is 174 Å². The molecule has 1 nitrogen and oxygen atoms in total. The monoisotopic (exact) mass is 389 g/mol. The Morgan fingerprint density at radius 2 is 1.50 bits per heavy atom. The Morgan fingerprint density at radius 3 is 2.29 bits per heavy atom. The Balaban J connectivity index is 0.00000192. The minimum atomic E-state index is 0. The predicted octanol–water partition coefficient (Wildman–Crippen LogP) is 5.66. The molecule has 0 spiro atoms. The van der Waals surface area contributed by atoms with Crippen molar-refractivity contribution < 1.29 is 0 Å². The van der Waals surface area contributed by atoms with E-state index in [1.807, 2.05) is 0 Å². The summed E-state index contributed by atoms with van der Waals surface area (Å²) in [4.78, 5) is 2.75. The van der Waals surface area contributed by atoms with E-state index in [0.717, 1.165) is 6.42 Å². The van der Waals surface area contributed by atoms with Gasteiger partial charge in [0.15, 0.2) is 0 Å². The van der Waals surface area contributed by atoms with Crippen LogP contribution in [0.15, 0.2) is 84.9 Å². The largest absolute Gasteiger partial charge is 0.300 e. The Kier molecular flexibility index (Phi) is 5.57. The summed E-state index contributed by atoms with van der Waals surface area (Å²) in [7, 11) is 0. The minimum Gasteiger partial charge on any atom is -0.300 e. The summed E-state index contributed by atoms with van der Waals surface area (Å²) in [6, 6.07) is 32.0. The second-order valence-corrected chi connectivity index (χ2v) is 8.19. The fraction of sp³-hybridized carbons (Fsp3) is 0.308. The molecule has 2 bridgehead atoms. The van der Waals surface area contributed by atoms with Gasteiger partial charge < -0.3 is 0 Å². The van der Waals surface area contributed by atoms with Crippen LogP contribution in [0.3, 0.4) is 0 Å². The molecular weight excluding hydrogens is 362 g/mol. The predicted molar refractivity (Wildman–Crippen MR) is 119 cm³/mol. The Morgan fingerprint density at radius 1 is 0.821 bits per heavy atom. The maximum absolute atomic E-state index is 2.75. The molecule has 0 saturated carbocycles. The van der Waals surface area contributed by atoms with E-state index >= 15 is 0 Å². The number of benzene rings is 3. The van der Waals surface area contributed by atoms with Crippen LogP contribution in [0.1, 0.15) is 35.1 Å². The molecule has 0 aromatic heterocycles. The van der Waals surface area contributed by atoms with Gasteiger partial charge in [0.25, 0.3) is 0 Å². The third-order valence-corrected chi connectivity index (χ3v) is 6.77. The van der Waals surface area contributed by atoms with Gasteiger partial charge in [-0.1, -0.05) is 84.9 Å². The summed E-state index contributed by atoms with van der Waals surface area (Å²) in [5.41, 5.74) is 6.29. The molecule has 28 heavy (non-hydrogen) atoms. The normalized spacial score (nSPS) is 23.5. The smallest absolute Gasteiger partial charge is 0.0232 e. The number of fused-ring (bicyclic) bond motifs is 4. The molecular formula is C26H28ClN. The van der Waals surface area contributed by atoms with E-state index < -0.39 is 0 Å². The van der Waals surface area contributed by atoms with Crippen LogP contribution in [-0.2, 0) is 18.3 Å². The first-order chi connectivity index (χ1) is 13.4. The van der Waals surface area contributed by atoms with Gasteiger partial charge in [0.05, 0.1) is 0 Å². The Hall–Kier alpha value is -2.09. The third-order valence-electron chi connectivity index (χ3n) is 6.77. The van der Waals surface area contributed by atoms with Gasteiger partial charge in [-0.25, -0.2) is 0 Å². The molecule has 2 atom stereocenters. The van der Waals surface area contributed by atoms with E-state index in [-0.39, 0.29) is 17.8 Å². The van der Waals surface area contributed by atoms with Crippen molar-refractivity contribution in [1.82, 2.24) is 4.90 Å². The van der Waals surface area contributed by atoms with Crippen molar-refractivity contribution >= 4 is 12.4 Å². The highest BCUT2D eigenvalue weighted by Crippen LogP contribution is 2.49. The summed E-state index contributed by atoms with van der Waals surface area (Å²) >= 11 is 0. The van der Waals surface area contributed by atoms with Gasteiger partial charge in [-0.05, 0) is 54.5 Å². The van der Waals surface area contributed by atoms with Crippen molar-refractivity contribution in [2.45, 2.75) is 37.1 Å². The lowest BCUT2D eigenvalue weighted by molar-refractivity contribution is 0.0971. The summed E-state index contributed by atoms with van der Waals surface area (Å²) in [6.07, 6.45) is 4.82. The van der Waals surface area contributed by atoms with E-state index in [0.29, 0.717) is 6.04 Å². The van der Waals surface area contributed by atoms with Crippen LogP contribution in [0.2, 0.25) is 0 Å². The van der Waals surface area contributed by atoms with E-state index in [4.69, 9.17) is 0 Å². The molecule has 0 N–H and O–H groups in total. The first-order valence-corrected chi connectivity index (χ1v) is 10.3. The molecule has 1 aliphatic heterocycles. The van der Waals surface area contributed by atoms with Crippen molar-refractivity contribution in [3.8, 4) is 0 Å². The average molecular weight is 390 g/mol. The highest BCUT2D eigenvalue weighted by atomic mass is 35.5. The topological polar surface area (TPSA) is 3.24 Å². The van der Waals surface area contributed by atoms with Gasteiger partial charge in [0, 0.05) is 18.0 Å². The van der Waals surface area contributed by atoms with Crippen molar-refractivity contribution in [1.29, 1.82) is 0 Å². The first-order valence-electron chi connectivity index (χ1n) is 10.3. The molecule has 1 heterocycles. The number of hydrogen-bond acceptors (Lipinski definition) is 1. The zero-order valence-corrected chi connectivity index (χ0v) is 17.1. The zero-order chi connectivity index (χ0) is 18.1. The average Bonchev–Trinajstić information content (AvgIpc) is 2.75. The minimum absolute atomic E-state index is 0. The van der Waals surface area contributed by atoms with E-state index in [1.165, 1.54) is 43.5 Å². The molecule has 1 fully saturated rings. The van der Waals surface area contributed by atoms with Gasteiger partial charge in [-0.2, -0.15) is 0 Å². The number of rotatable bonds is 4. The molecule has 3 aromatic carbocycles. The second kappa shape index (κ2) is 8.11. The van der Waals surface area contributed by atoms with Crippen LogP contribution < -0.4 is 0 Å². The van der Waals surface area contributed by atoms with Crippen LogP contribution in [0.5, 0.6) is 0 Å². The number of halogens is 1. The highest BCUT2D eigenvalue weighted by Gasteiger charge is 2.46. The lowest BCUT2D eigenvalue weighted by atomic mass is 9.60. The Bertz CT molecular complexity index is 908. The third kappa shape index (κ3) is 3.38. The summed E-state index contributed by atoms with van der Waals surface area (Å²) in [5.74, 6) is 0. The van der Waals surface area contributed by atoms with Crippen LogP contribution in [0, 0.1) is 0 Å². The summed E-state index contributed by atoms with van der Waals surface area (Å²) in [5, 5.41) is 0. The second-order valence-electron chi connectivity index (χ2n) is 8.19. The quantitative estimate of drug-likeness (QED) is 0.556. The molecule has 5 rings (SSSR count). The zero-order valence-electron chi connectivity index (χ0n) is 16.3. The molecule has 0 amide bonds. The lowest BCUT2D eigenvalue weighted by Crippen LogP contribution is -2.54. The van der Waals surface area contributed by atoms with Gasteiger partial charge in [-0.15, -0.1) is 12.4 Å². The van der Waals surface area contributed by atoms with Crippen LogP contribution >= 0.6 is 12.4 Å². The fourth-order valence-corrected chi connectivity index (χ4v) is 5.40. The van der Waals surface area contributed by atoms with Crippen molar-refractivity contribution in [2.75, 3.05) is 13.1 Å². The molecule has 1 aliphatic carbocycles. The molecule has 144 valence electrons. The van der Waals surface area contributed by atoms with Gasteiger partial charge in [0.1, 0.15) is 0 Å². The van der Waals surface area contributed by atoms with Crippen LogP contribution in [0.4, 0.5) is 0 Å². The number of nitrogens with zero attached hydrogens (tertiary/aromatic N) is 1. The first kappa shape index (κ1) is 19.2. The van der Waals surface area contributed by atoms with Crippen molar-refractivity contribution in [3.05, 3.63) is 107 Å². The van der Waals surface area contributed by atoms with Crippen molar-refractivity contribution in [2.24, 2.45) is 0 Å². The van der Waals surface area contributed by atoms with E-state index in [9.17, 15) is 0 Å². The highest BCUT2D eigenvalue weighted by molar-refractivity contribution is 5.85. The van der Waals surface area contributed by atoms with Crippen LogP contribution in [0.25, 0.3) is 0 Å². The van der Waals surface area contributed by atoms with Crippen LogP contribution in [-0.4, -0.2) is 24.0 Å². The van der Waals surface area contributed by atoms with Gasteiger partial charge in [0.2, 0.25) is 0 Å². The van der Waals surface area contributed by atoms with E-state index in [2.05, 4.69) is 89.8 Å². The molecule has 3 aromatic rings. The molecule has 1 saturated heterocycles. The number of hydrogen-bond donors (Lipinski definition) is 0. The molecule has 0 radical (unpaired) electrons. The number of likely N-dealkylation sites (tertiary alicyclic amines) is 1. The maximum Gasteiger partial charge on any atom is 0.0232 e. The maximum atomic E-state index is 2.75. The summed E-state index contributed by atoms with van der Waals surface area (Å²) in [6.45, 7) is 2.36. The van der Waals surface area contributed by atoms with Gasteiger partial charge in [-0.3, -0.25) is 4.90 Å². The fourth-order valence-electron chi connectivity index (χ4n) is 5.40. The van der Waals surface area contributed by atoms with Crippen molar-refractivity contribution in [3.63, 3.8) is 0 Å². The lowest BCUT2D eigenvalue weighted by Gasteiger charge is -2.52. The molecule has 2 unspecified atom stereocenters. The van der Waals surface area contributed by atoms with E-state index in [1.54, 1.807) is 11.1 Å². The molecule has 2 aliphatic rings.